The molecule has 0 aliphatic carbocycles. The van der Waals surface area contributed by atoms with Gasteiger partial charge in [-0.05, 0) is 49.5 Å². The summed E-state index contributed by atoms with van der Waals surface area (Å²) in [5.41, 5.74) is 2.76. The second-order valence-electron chi connectivity index (χ2n) is 3.82. The zero-order valence-electron chi connectivity index (χ0n) is 7.81. The van der Waals surface area contributed by atoms with E-state index in [4.69, 9.17) is 0 Å². The lowest BCUT2D eigenvalue weighted by Gasteiger charge is -2.27. The Kier molecular flexibility index (Phi) is 2.70. The third kappa shape index (κ3) is 2.12. The average Bonchev–Trinajstić information content (AvgIpc) is 1.99. The van der Waals surface area contributed by atoms with Gasteiger partial charge in [0.05, 0.1) is 0 Å². The molecule has 1 aromatic carbocycles. The van der Waals surface area contributed by atoms with Gasteiger partial charge in [0.15, 0.2) is 0 Å². The molecule has 1 aromatic rings. The largest absolute Gasteiger partial charge is 0.316 e. The summed E-state index contributed by atoms with van der Waals surface area (Å²) in [6.07, 6.45) is 1.20. The lowest BCUT2D eigenvalue weighted by Crippen LogP contribution is -2.43. The monoisotopic (exact) mass is 239 g/mol. The lowest BCUT2D eigenvalue weighted by atomic mass is 9.94. The molecular weight excluding hydrogens is 226 g/mol. The summed E-state index contributed by atoms with van der Waals surface area (Å²) in [5, 5.41) is 3.30. The Labute approximate surface area is 87.7 Å². The van der Waals surface area contributed by atoms with E-state index in [1.165, 1.54) is 35.1 Å². The second-order valence-corrected chi connectivity index (χ2v) is 4.68. The lowest BCUT2D eigenvalue weighted by molar-refractivity contribution is 0.346. The van der Waals surface area contributed by atoms with Crippen LogP contribution in [0.1, 0.15) is 11.1 Å². The van der Waals surface area contributed by atoms with Gasteiger partial charge in [0.1, 0.15) is 0 Å². The van der Waals surface area contributed by atoms with Gasteiger partial charge in [-0.2, -0.15) is 0 Å². The van der Waals surface area contributed by atoms with Crippen LogP contribution in [0.2, 0.25) is 0 Å². The molecule has 0 unspecified atom stereocenters. The molecule has 1 nitrogen and oxygen atoms in total. The first-order chi connectivity index (χ1) is 6.25. The van der Waals surface area contributed by atoms with Crippen LogP contribution in [0, 0.1) is 12.8 Å². The molecule has 1 heterocycles. The fraction of sp³-hybridized carbons (Fsp3) is 0.455. The molecule has 0 bridgehead atoms. The Morgan fingerprint density at radius 1 is 1.46 bits per heavy atom. The number of aryl methyl sites for hydroxylation is 1. The summed E-state index contributed by atoms with van der Waals surface area (Å²) in [4.78, 5) is 0. The summed E-state index contributed by atoms with van der Waals surface area (Å²) in [5.74, 6) is 0.846. The van der Waals surface area contributed by atoms with Crippen LogP contribution in [0.4, 0.5) is 0 Å². The van der Waals surface area contributed by atoms with Crippen LogP contribution < -0.4 is 5.32 Å². The molecule has 70 valence electrons. The van der Waals surface area contributed by atoms with Gasteiger partial charge in [-0.25, -0.2) is 0 Å². The van der Waals surface area contributed by atoms with Gasteiger partial charge in [-0.1, -0.05) is 28.1 Å². The van der Waals surface area contributed by atoms with Crippen LogP contribution in [0.25, 0.3) is 0 Å². The van der Waals surface area contributed by atoms with E-state index >= 15 is 0 Å². The standard InChI is InChI=1S/C11H14BrN/c1-8-2-3-10(11(12)4-8)5-9-6-13-7-9/h2-4,9,13H,5-7H2,1H3. The molecule has 2 rings (SSSR count). The molecule has 1 aliphatic heterocycles. The minimum atomic E-state index is 0.846. The van der Waals surface area contributed by atoms with E-state index in [2.05, 4.69) is 46.4 Å². The Morgan fingerprint density at radius 2 is 2.23 bits per heavy atom. The summed E-state index contributed by atoms with van der Waals surface area (Å²) >= 11 is 3.61. The molecular formula is C11H14BrN. The molecule has 0 amide bonds. The number of benzene rings is 1. The Hall–Kier alpha value is -0.340. The Morgan fingerprint density at radius 3 is 2.77 bits per heavy atom. The van der Waals surface area contributed by atoms with Crippen LogP contribution in [0.15, 0.2) is 22.7 Å². The highest BCUT2D eigenvalue weighted by Gasteiger charge is 2.17. The summed E-state index contributed by atoms with van der Waals surface area (Å²) in [6, 6.07) is 6.62. The van der Waals surface area contributed by atoms with E-state index < -0.39 is 0 Å². The molecule has 1 N–H and O–H groups in total. The Bertz CT molecular complexity index is 305. The molecule has 13 heavy (non-hydrogen) atoms. The minimum absolute atomic E-state index is 0.846. The molecule has 0 spiro atoms. The van der Waals surface area contributed by atoms with E-state index in [0.29, 0.717) is 0 Å². The molecule has 2 heteroatoms. The summed E-state index contributed by atoms with van der Waals surface area (Å²) in [7, 11) is 0. The van der Waals surface area contributed by atoms with Crippen molar-refractivity contribution >= 4 is 15.9 Å². The van der Waals surface area contributed by atoms with Crippen LogP contribution >= 0.6 is 15.9 Å². The Balaban J connectivity index is 2.10. The van der Waals surface area contributed by atoms with E-state index in [0.717, 1.165) is 5.92 Å². The van der Waals surface area contributed by atoms with Gasteiger partial charge in [0, 0.05) is 4.47 Å². The minimum Gasteiger partial charge on any atom is -0.316 e. The third-order valence-corrected chi connectivity index (χ3v) is 3.32. The van der Waals surface area contributed by atoms with Crippen LogP contribution in [0.3, 0.4) is 0 Å². The van der Waals surface area contributed by atoms with Crippen molar-refractivity contribution in [2.24, 2.45) is 5.92 Å². The maximum absolute atomic E-state index is 3.61. The highest BCUT2D eigenvalue weighted by atomic mass is 79.9. The van der Waals surface area contributed by atoms with Crippen LogP contribution in [-0.2, 0) is 6.42 Å². The highest BCUT2D eigenvalue weighted by molar-refractivity contribution is 9.10. The molecule has 0 atom stereocenters. The predicted octanol–water partition coefficient (Wildman–Crippen LogP) is 2.52. The molecule has 0 aromatic heterocycles. The summed E-state index contributed by atoms with van der Waals surface area (Å²) < 4.78 is 1.26. The van der Waals surface area contributed by atoms with Gasteiger partial charge < -0.3 is 5.32 Å². The van der Waals surface area contributed by atoms with Gasteiger partial charge in [0.25, 0.3) is 0 Å². The van der Waals surface area contributed by atoms with Crippen molar-refractivity contribution in [2.75, 3.05) is 13.1 Å². The smallest absolute Gasteiger partial charge is 0.0210 e. The van der Waals surface area contributed by atoms with Gasteiger partial charge in [-0.15, -0.1) is 0 Å². The normalized spacial score (nSPS) is 17.1. The molecule has 1 fully saturated rings. The fourth-order valence-corrected chi connectivity index (χ4v) is 2.28. The number of halogens is 1. The quantitative estimate of drug-likeness (QED) is 0.837. The second kappa shape index (κ2) is 3.81. The zero-order valence-corrected chi connectivity index (χ0v) is 9.39. The van der Waals surface area contributed by atoms with Crippen molar-refractivity contribution < 1.29 is 0 Å². The topological polar surface area (TPSA) is 12.0 Å². The SMILES string of the molecule is Cc1ccc(CC2CNC2)c(Br)c1. The number of rotatable bonds is 2. The number of hydrogen-bond donors (Lipinski definition) is 1. The van der Waals surface area contributed by atoms with Crippen molar-refractivity contribution in [1.29, 1.82) is 0 Å². The van der Waals surface area contributed by atoms with E-state index in [1.54, 1.807) is 0 Å². The number of hydrogen-bond acceptors (Lipinski definition) is 1. The van der Waals surface area contributed by atoms with Gasteiger partial charge in [-0.3, -0.25) is 0 Å². The predicted molar refractivity (Wildman–Crippen MR) is 58.9 cm³/mol. The highest BCUT2D eigenvalue weighted by Crippen LogP contribution is 2.22. The molecule has 1 saturated heterocycles. The first kappa shape index (κ1) is 9.22. The van der Waals surface area contributed by atoms with E-state index in [-0.39, 0.29) is 0 Å². The molecule has 0 saturated carbocycles. The van der Waals surface area contributed by atoms with Crippen molar-refractivity contribution in [3.05, 3.63) is 33.8 Å². The third-order valence-electron chi connectivity index (χ3n) is 2.58. The van der Waals surface area contributed by atoms with Crippen LogP contribution in [-0.4, -0.2) is 13.1 Å². The van der Waals surface area contributed by atoms with E-state index in [9.17, 15) is 0 Å². The molecule has 1 aliphatic rings. The average molecular weight is 240 g/mol. The summed E-state index contributed by atoms with van der Waals surface area (Å²) in [6.45, 7) is 4.49. The van der Waals surface area contributed by atoms with Crippen molar-refractivity contribution in [2.45, 2.75) is 13.3 Å². The van der Waals surface area contributed by atoms with Crippen LogP contribution in [0.5, 0.6) is 0 Å². The molecule has 0 radical (unpaired) electrons. The fourth-order valence-electron chi connectivity index (χ4n) is 1.62. The van der Waals surface area contributed by atoms with E-state index in [1.807, 2.05) is 0 Å². The number of nitrogens with one attached hydrogen (secondary N) is 1. The first-order valence-corrected chi connectivity index (χ1v) is 5.51. The zero-order chi connectivity index (χ0) is 9.26. The maximum atomic E-state index is 3.61. The van der Waals surface area contributed by atoms with Gasteiger partial charge >= 0.3 is 0 Å². The maximum Gasteiger partial charge on any atom is 0.0210 e. The first-order valence-electron chi connectivity index (χ1n) is 4.71. The van der Waals surface area contributed by atoms with Crippen molar-refractivity contribution in [3.63, 3.8) is 0 Å². The van der Waals surface area contributed by atoms with Crippen molar-refractivity contribution in [3.8, 4) is 0 Å². The van der Waals surface area contributed by atoms with Crippen molar-refractivity contribution in [1.82, 2.24) is 5.32 Å². The van der Waals surface area contributed by atoms with Gasteiger partial charge in [0.2, 0.25) is 0 Å².